The second-order valence-electron chi connectivity index (χ2n) is 15.2. The first-order chi connectivity index (χ1) is 26.1. The Morgan fingerprint density at radius 1 is 0.963 bits per heavy atom. The molecule has 282 valence electrons. The average Bonchev–Trinajstić information content (AvgIpc) is 3.86. The maximum Gasteiger partial charge on any atom is 0.264 e. The number of para-hydroxylation sites is 1. The summed E-state index contributed by atoms with van der Waals surface area (Å²) in [4.78, 5) is 46.9. The molecule has 1 N–H and O–H groups in total. The fourth-order valence-electron chi connectivity index (χ4n) is 9.27. The number of aliphatic hydroxyl groups excluding tert-OH is 1. The van der Waals surface area contributed by atoms with Crippen molar-refractivity contribution in [2.45, 2.75) is 69.1 Å². The number of hydrogen-bond donors (Lipinski definition) is 1. The summed E-state index contributed by atoms with van der Waals surface area (Å²) in [5, 5.41) is 11.3. The predicted molar refractivity (Wildman–Crippen MR) is 211 cm³/mol. The van der Waals surface area contributed by atoms with Gasteiger partial charge in [-0.25, -0.2) is 0 Å². The van der Waals surface area contributed by atoms with Gasteiger partial charge in [-0.15, -0.1) is 0 Å². The Bertz CT molecular complexity index is 2010. The normalized spacial score (nSPS) is 23.5. The molecule has 7 rings (SSSR count). The van der Waals surface area contributed by atoms with E-state index in [1.807, 2.05) is 84.9 Å². The number of likely N-dealkylation sites (tertiary alicyclic amines) is 1. The minimum atomic E-state index is -2.50. The van der Waals surface area contributed by atoms with Crippen LogP contribution in [0.1, 0.15) is 37.3 Å². The second kappa shape index (κ2) is 15.0. The Kier molecular flexibility index (Phi) is 10.4. The van der Waals surface area contributed by atoms with Gasteiger partial charge in [0.05, 0.1) is 59.7 Å². The van der Waals surface area contributed by atoms with Crippen molar-refractivity contribution in [3.63, 3.8) is 0 Å². The molecule has 0 aliphatic carbocycles. The first-order valence-electron chi connectivity index (χ1n) is 18.7. The minimum absolute atomic E-state index is 0.0616. The molecule has 10 nitrogen and oxygen atoms in total. The number of anilines is 3. The Labute approximate surface area is 318 Å². The van der Waals surface area contributed by atoms with Gasteiger partial charge in [-0.1, -0.05) is 67.7 Å². The summed E-state index contributed by atoms with van der Waals surface area (Å²) in [5.41, 5.74) is 2.20. The molecule has 2 saturated heterocycles. The lowest BCUT2D eigenvalue weighted by Crippen LogP contribution is -2.52. The van der Waals surface area contributed by atoms with Crippen LogP contribution in [0.5, 0.6) is 11.5 Å². The van der Waals surface area contributed by atoms with E-state index in [-0.39, 0.29) is 48.9 Å². The van der Waals surface area contributed by atoms with E-state index in [0.29, 0.717) is 18.0 Å². The number of benzene rings is 4. The van der Waals surface area contributed by atoms with Crippen molar-refractivity contribution in [1.29, 1.82) is 0 Å². The monoisotopic (exact) mass is 747 g/mol. The molecule has 0 aromatic heterocycles. The highest BCUT2D eigenvalue weighted by atomic mass is 28.3. The summed E-state index contributed by atoms with van der Waals surface area (Å²) >= 11 is 0. The fourth-order valence-corrected chi connectivity index (χ4v) is 13.3. The summed E-state index contributed by atoms with van der Waals surface area (Å²) in [5.74, 6) is 0.805. The van der Waals surface area contributed by atoms with Crippen LogP contribution in [-0.4, -0.2) is 75.8 Å². The molecule has 1 spiro atoms. The van der Waals surface area contributed by atoms with E-state index in [1.54, 1.807) is 28.9 Å². The number of hydrogen-bond acceptors (Lipinski definition) is 7. The number of carbonyl (C=O) groups is 3. The Balaban J connectivity index is 1.30. The molecule has 3 heterocycles. The fraction of sp³-hybridized carbons (Fsp3) is 0.372. The molecule has 4 aromatic carbocycles. The minimum Gasteiger partial charge on any atom is -0.497 e. The van der Waals surface area contributed by atoms with Gasteiger partial charge in [-0.2, -0.15) is 0 Å². The number of aliphatic hydroxyl groups is 1. The first kappa shape index (κ1) is 37.3. The lowest BCUT2D eigenvalue weighted by atomic mass is 9.82. The molecule has 54 heavy (non-hydrogen) atoms. The Morgan fingerprint density at radius 2 is 1.67 bits per heavy atom. The van der Waals surface area contributed by atoms with Gasteiger partial charge in [0.1, 0.15) is 11.5 Å². The number of nitrogens with zero attached hydrogens (tertiary/aromatic N) is 3. The van der Waals surface area contributed by atoms with Crippen molar-refractivity contribution in [1.82, 2.24) is 4.90 Å². The predicted octanol–water partition coefficient (Wildman–Crippen LogP) is 6.13. The maximum atomic E-state index is 15.3. The zero-order valence-corrected chi connectivity index (χ0v) is 32.6. The number of amides is 3. The third-order valence-corrected chi connectivity index (χ3v) is 16.4. The van der Waals surface area contributed by atoms with Gasteiger partial charge in [0, 0.05) is 29.4 Å². The van der Waals surface area contributed by atoms with E-state index in [9.17, 15) is 14.7 Å². The molecular formula is C43H49N3O7Si. The molecule has 5 atom stereocenters. The van der Waals surface area contributed by atoms with Crippen LogP contribution in [0.25, 0.3) is 0 Å². The third kappa shape index (κ3) is 6.37. The lowest BCUT2D eigenvalue weighted by molar-refractivity contribution is -0.150. The van der Waals surface area contributed by atoms with Crippen LogP contribution in [0.4, 0.5) is 17.1 Å². The van der Waals surface area contributed by atoms with E-state index >= 15 is 4.79 Å². The van der Waals surface area contributed by atoms with Crippen LogP contribution in [0.3, 0.4) is 0 Å². The van der Waals surface area contributed by atoms with Crippen molar-refractivity contribution in [3.8, 4) is 11.5 Å². The summed E-state index contributed by atoms with van der Waals surface area (Å²) in [6.07, 6.45) is 1.95. The molecule has 4 aromatic rings. The molecule has 0 bridgehead atoms. The Morgan fingerprint density at radius 3 is 2.35 bits per heavy atom. The largest absolute Gasteiger partial charge is 0.497 e. The number of rotatable bonds is 12. The van der Waals surface area contributed by atoms with E-state index in [4.69, 9.17) is 14.2 Å². The van der Waals surface area contributed by atoms with Crippen molar-refractivity contribution < 1.29 is 33.7 Å². The van der Waals surface area contributed by atoms with Gasteiger partial charge in [0.15, 0.2) is 5.60 Å². The molecule has 3 aliphatic heterocycles. The van der Waals surface area contributed by atoms with Crippen LogP contribution in [-0.2, 0) is 31.3 Å². The summed E-state index contributed by atoms with van der Waals surface area (Å²) < 4.78 is 18.4. The quantitative estimate of drug-likeness (QED) is 0.137. The molecule has 2 fully saturated rings. The van der Waals surface area contributed by atoms with Crippen LogP contribution in [0.2, 0.25) is 18.6 Å². The molecule has 0 unspecified atom stereocenters. The SMILES string of the molecule is COc1ccc([Si](C)(C)[C@@H]2[C@@H](CC(=O)N3CCC[C@H]3CO)O[C@]3(C(=O)N(Cc4cccc(N(C=O)c5ccccc5)c4)c4ccc(OC)cc43)[C@H]2C)cc1. The van der Waals surface area contributed by atoms with Crippen molar-refractivity contribution in [3.05, 3.63) is 108 Å². The first-order valence-corrected chi connectivity index (χ1v) is 21.8. The second-order valence-corrected chi connectivity index (χ2v) is 19.9. The number of carbonyl (C=O) groups excluding carboxylic acids is 3. The highest BCUT2D eigenvalue weighted by Crippen LogP contribution is 2.60. The van der Waals surface area contributed by atoms with Crippen LogP contribution in [0.15, 0.2) is 97.1 Å². The van der Waals surface area contributed by atoms with Crippen LogP contribution in [0, 0.1) is 5.92 Å². The van der Waals surface area contributed by atoms with E-state index in [2.05, 4.69) is 32.2 Å². The zero-order valence-electron chi connectivity index (χ0n) is 31.6. The molecular weight excluding hydrogens is 699 g/mol. The van der Waals surface area contributed by atoms with Crippen molar-refractivity contribution in [2.75, 3.05) is 37.2 Å². The summed E-state index contributed by atoms with van der Waals surface area (Å²) in [6.45, 7) is 7.45. The van der Waals surface area contributed by atoms with Crippen molar-refractivity contribution >= 4 is 48.5 Å². The zero-order chi connectivity index (χ0) is 38.2. The average molecular weight is 748 g/mol. The Hall–Kier alpha value is -4.97. The number of ether oxygens (including phenoxy) is 3. The maximum absolute atomic E-state index is 15.3. The summed E-state index contributed by atoms with van der Waals surface area (Å²) in [7, 11) is 0.755. The van der Waals surface area contributed by atoms with Gasteiger partial charge in [-0.3, -0.25) is 19.3 Å². The molecule has 0 radical (unpaired) electrons. The van der Waals surface area contributed by atoms with Gasteiger partial charge in [0.2, 0.25) is 12.3 Å². The molecule has 3 amide bonds. The van der Waals surface area contributed by atoms with Gasteiger partial charge in [-0.05, 0) is 78.5 Å². The van der Waals surface area contributed by atoms with E-state index < -0.39 is 19.8 Å². The number of fused-ring (bicyclic) bond motifs is 2. The molecule has 0 saturated carbocycles. The van der Waals surface area contributed by atoms with Crippen LogP contribution >= 0.6 is 0 Å². The van der Waals surface area contributed by atoms with Gasteiger partial charge in [0.25, 0.3) is 5.91 Å². The van der Waals surface area contributed by atoms with E-state index in [0.717, 1.165) is 47.5 Å². The van der Waals surface area contributed by atoms with Gasteiger partial charge >= 0.3 is 0 Å². The molecule has 11 heteroatoms. The highest BCUT2D eigenvalue weighted by Gasteiger charge is 2.66. The lowest BCUT2D eigenvalue weighted by Gasteiger charge is -2.37. The third-order valence-electron chi connectivity index (χ3n) is 12.0. The van der Waals surface area contributed by atoms with Gasteiger partial charge < -0.3 is 29.1 Å². The molecule has 3 aliphatic rings. The standard InChI is InChI=1S/C43H49N3O7Si/c1-29-41(54(4,5)36-19-16-34(51-2)17-20-36)39(25-40(49)44-22-10-15-33(44)27-47)53-43(29)37-24-35(52-3)18-21-38(37)45(42(43)50)26-30-11-9-14-32(23-30)46(28-48)31-12-7-6-8-13-31/h6-9,11-14,16-21,23-24,28-29,33,39,41,47H,10,15,22,25-27H2,1-5H3/t29-,33-,39+,41-,43+/m0/s1. The van der Waals surface area contributed by atoms with Crippen molar-refractivity contribution in [2.24, 2.45) is 5.92 Å². The smallest absolute Gasteiger partial charge is 0.264 e. The van der Waals surface area contributed by atoms with E-state index in [1.165, 1.54) is 5.19 Å². The summed E-state index contributed by atoms with van der Waals surface area (Å²) in [6, 6.07) is 30.7. The number of methoxy groups -OCH3 is 2. The van der Waals surface area contributed by atoms with Crippen LogP contribution < -0.4 is 24.5 Å². The topological polar surface area (TPSA) is 109 Å². The highest BCUT2D eigenvalue weighted by molar-refractivity contribution is 6.91.